The summed E-state index contributed by atoms with van der Waals surface area (Å²) in [5, 5.41) is 8.73. The summed E-state index contributed by atoms with van der Waals surface area (Å²) in [7, 11) is 1.40. The van der Waals surface area contributed by atoms with E-state index in [0.29, 0.717) is 0 Å². The lowest BCUT2D eigenvalue weighted by atomic mass is 10.3. The molecule has 0 spiro atoms. The van der Waals surface area contributed by atoms with Gasteiger partial charge < -0.3 is 10.0 Å². The highest BCUT2D eigenvalue weighted by atomic mass is 35.5. The average molecular weight is 283 g/mol. The number of carbonyl (C=O) groups is 1. The molecule has 0 fully saturated rings. The first-order chi connectivity index (χ1) is 8.20. The Bertz CT molecular complexity index is 451. The predicted octanol–water partition coefficient (Wildman–Crippen LogP) is 2.82. The van der Waals surface area contributed by atoms with Crippen molar-refractivity contribution < 1.29 is 23.1 Å². The molecule has 0 amide bonds. The van der Waals surface area contributed by atoms with E-state index >= 15 is 0 Å². The summed E-state index contributed by atoms with van der Waals surface area (Å²) in [5.41, 5.74) is -0.381. The molecule has 0 aliphatic heterocycles. The molecular weight excluding hydrogens is 273 g/mol. The standard InChI is InChI=1S/C10H10ClF3N2O2/c1-16(5-4-10(12,13)14)7-3-2-6(11)8(15-7)9(17)18/h2-3H,4-5H2,1H3,(H,17,18). The Morgan fingerprint density at radius 3 is 2.61 bits per heavy atom. The zero-order chi connectivity index (χ0) is 13.9. The molecule has 0 atom stereocenters. The highest BCUT2D eigenvalue weighted by Crippen LogP contribution is 2.22. The van der Waals surface area contributed by atoms with Crippen LogP contribution in [0.25, 0.3) is 0 Å². The Balaban J connectivity index is 2.83. The minimum atomic E-state index is -4.27. The molecule has 0 bridgehead atoms. The lowest BCUT2D eigenvalue weighted by Gasteiger charge is -2.19. The fourth-order valence-corrected chi connectivity index (χ4v) is 1.39. The Morgan fingerprint density at radius 1 is 1.50 bits per heavy atom. The number of halogens is 4. The summed E-state index contributed by atoms with van der Waals surface area (Å²) in [4.78, 5) is 15.7. The van der Waals surface area contributed by atoms with E-state index in [9.17, 15) is 18.0 Å². The largest absolute Gasteiger partial charge is 0.476 e. The van der Waals surface area contributed by atoms with Crippen LogP contribution in [-0.4, -0.2) is 35.8 Å². The van der Waals surface area contributed by atoms with Gasteiger partial charge in [0.25, 0.3) is 0 Å². The summed E-state index contributed by atoms with van der Waals surface area (Å²) in [5.74, 6) is -1.20. The van der Waals surface area contributed by atoms with E-state index in [4.69, 9.17) is 16.7 Å². The van der Waals surface area contributed by atoms with Gasteiger partial charge in [0.05, 0.1) is 11.4 Å². The van der Waals surface area contributed by atoms with Gasteiger partial charge in [-0.15, -0.1) is 0 Å². The normalized spacial score (nSPS) is 11.4. The van der Waals surface area contributed by atoms with Crippen LogP contribution in [0.4, 0.5) is 19.0 Å². The van der Waals surface area contributed by atoms with Crippen LogP contribution < -0.4 is 4.90 Å². The molecule has 4 nitrogen and oxygen atoms in total. The monoisotopic (exact) mass is 282 g/mol. The van der Waals surface area contributed by atoms with Crippen LogP contribution in [0.2, 0.25) is 5.02 Å². The molecule has 1 rings (SSSR count). The number of carboxylic acids is 1. The third kappa shape index (κ3) is 4.06. The zero-order valence-electron chi connectivity index (χ0n) is 9.33. The van der Waals surface area contributed by atoms with Crippen molar-refractivity contribution in [2.75, 3.05) is 18.5 Å². The van der Waals surface area contributed by atoms with Crippen molar-refractivity contribution in [2.45, 2.75) is 12.6 Å². The molecule has 100 valence electrons. The molecule has 0 aromatic carbocycles. The van der Waals surface area contributed by atoms with Gasteiger partial charge in [0.15, 0.2) is 5.69 Å². The number of aromatic carboxylic acids is 1. The highest BCUT2D eigenvalue weighted by molar-refractivity contribution is 6.33. The van der Waals surface area contributed by atoms with Crippen LogP contribution in [0.15, 0.2) is 12.1 Å². The van der Waals surface area contributed by atoms with Gasteiger partial charge in [0.2, 0.25) is 0 Å². The fourth-order valence-electron chi connectivity index (χ4n) is 1.20. The topological polar surface area (TPSA) is 53.4 Å². The Morgan fingerprint density at radius 2 is 2.11 bits per heavy atom. The molecular formula is C10H10ClF3N2O2. The van der Waals surface area contributed by atoms with Crippen molar-refractivity contribution in [2.24, 2.45) is 0 Å². The Kier molecular flexibility index (Phi) is 4.39. The Hall–Kier alpha value is -1.50. The van der Waals surface area contributed by atoms with Crippen LogP contribution in [-0.2, 0) is 0 Å². The van der Waals surface area contributed by atoms with E-state index in [1.165, 1.54) is 24.1 Å². The quantitative estimate of drug-likeness (QED) is 0.922. The fraction of sp³-hybridized carbons (Fsp3) is 0.400. The SMILES string of the molecule is CN(CCC(F)(F)F)c1ccc(Cl)c(C(=O)O)n1. The van der Waals surface area contributed by atoms with Crippen molar-refractivity contribution >= 4 is 23.4 Å². The first-order valence-electron chi connectivity index (χ1n) is 4.88. The van der Waals surface area contributed by atoms with Crippen LogP contribution >= 0.6 is 11.6 Å². The number of pyridine rings is 1. The number of hydrogen-bond donors (Lipinski definition) is 1. The van der Waals surface area contributed by atoms with Gasteiger partial charge in [-0.3, -0.25) is 0 Å². The number of nitrogens with zero attached hydrogens (tertiary/aromatic N) is 2. The summed E-state index contributed by atoms with van der Waals surface area (Å²) in [6.07, 6.45) is -5.27. The van der Waals surface area contributed by atoms with E-state index in [1.54, 1.807) is 0 Å². The highest BCUT2D eigenvalue weighted by Gasteiger charge is 2.27. The second kappa shape index (κ2) is 5.43. The van der Waals surface area contributed by atoms with Crippen LogP contribution in [0.1, 0.15) is 16.9 Å². The van der Waals surface area contributed by atoms with Gasteiger partial charge in [0, 0.05) is 13.6 Å². The van der Waals surface area contributed by atoms with Gasteiger partial charge in [-0.2, -0.15) is 13.2 Å². The van der Waals surface area contributed by atoms with E-state index in [0.717, 1.165) is 0 Å². The maximum absolute atomic E-state index is 12.0. The molecule has 1 aromatic rings. The number of rotatable bonds is 4. The first kappa shape index (κ1) is 14.6. The summed E-state index contributed by atoms with van der Waals surface area (Å²) < 4.78 is 36.1. The number of aromatic nitrogens is 1. The lowest BCUT2D eigenvalue weighted by molar-refractivity contribution is -0.132. The maximum atomic E-state index is 12.0. The van der Waals surface area contributed by atoms with Crippen LogP contribution in [0.3, 0.4) is 0 Å². The summed E-state index contributed by atoms with van der Waals surface area (Å²) in [6, 6.07) is 2.66. The molecule has 0 aliphatic carbocycles. The van der Waals surface area contributed by atoms with Crippen molar-refractivity contribution in [1.82, 2.24) is 4.98 Å². The smallest absolute Gasteiger partial charge is 0.390 e. The molecule has 0 unspecified atom stereocenters. The second-order valence-electron chi connectivity index (χ2n) is 3.59. The predicted molar refractivity (Wildman–Crippen MR) is 60.1 cm³/mol. The van der Waals surface area contributed by atoms with Gasteiger partial charge >= 0.3 is 12.1 Å². The molecule has 1 heterocycles. The summed E-state index contributed by atoms with van der Waals surface area (Å²) >= 11 is 5.60. The van der Waals surface area contributed by atoms with Crippen molar-refractivity contribution in [1.29, 1.82) is 0 Å². The molecule has 8 heteroatoms. The number of hydrogen-bond acceptors (Lipinski definition) is 3. The number of anilines is 1. The van der Waals surface area contributed by atoms with Crippen molar-refractivity contribution in [3.63, 3.8) is 0 Å². The van der Waals surface area contributed by atoms with Crippen LogP contribution in [0.5, 0.6) is 0 Å². The molecule has 1 aromatic heterocycles. The minimum absolute atomic E-state index is 0.0597. The lowest BCUT2D eigenvalue weighted by Crippen LogP contribution is -2.25. The van der Waals surface area contributed by atoms with E-state index in [-0.39, 0.29) is 23.1 Å². The molecule has 0 aliphatic rings. The zero-order valence-corrected chi connectivity index (χ0v) is 10.1. The molecule has 1 N–H and O–H groups in total. The summed E-state index contributed by atoms with van der Waals surface area (Å²) in [6.45, 7) is -0.308. The number of carboxylic acid groups (broad SMARTS) is 1. The van der Waals surface area contributed by atoms with E-state index in [1.807, 2.05) is 0 Å². The Labute approximate surface area is 106 Å². The maximum Gasteiger partial charge on any atom is 0.390 e. The molecule has 0 radical (unpaired) electrons. The minimum Gasteiger partial charge on any atom is -0.476 e. The molecule has 0 saturated carbocycles. The van der Waals surface area contributed by atoms with E-state index in [2.05, 4.69) is 4.98 Å². The molecule has 18 heavy (non-hydrogen) atoms. The van der Waals surface area contributed by atoms with Gasteiger partial charge in [-0.1, -0.05) is 11.6 Å². The van der Waals surface area contributed by atoms with Gasteiger partial charge in [-0.25, -0.2) is 9.78 Å². The first-order valence-corrected chi connectivity index (χ1v) is 5.26. The third-order valence-corrected chi connectivity index (χ3v) is 2.46. The van der Waals surface area contributed by atoms with Crippen molar-refractivity contribution in [3.05, 3.63) is 22.8 Å². The number of alkyl halides is 3. The van der Waals surface area contributed by atoms with Gasteiger partial charge in [-0.05, 0) is 12.1 Å². The second-order valence-corrected chi connectivity index (χ2v) is 4.00. The van der Waals surface area contributed by atoms with E-state index < -0.39 is 18.6 Å². The molecule has 0 saturated heterocycles. The third-order valence-electron chi connectivity index (χ3n) is 2.16. The average Bonchev–Trinajstić information content (AvgIpc) is 2.25. The van der Waals surface area contributed by atoms with Gasteiger partial charge in [0.1, 0.15) is 5.82 Å². The van der Waals surface area contributed by atoms with Crippen molar-refractivity contribution in [3.8, 4) is 0 Å². The van der Waals surface area contributed by atoms with Crippen LogP contribution in [0, 0.1) is 0 Å².